The van der Waals surface area contributed by atoms with E-state index in [-0.39, 0.29) is 6.54 Å². The van der Waals surface area contributed by atoms with E-state index in [2.05, 4.69) is 24.3 Å². The van der Waals surface area contributed by atoms with Crippen LogP contribution in [0.2, 0.25) is 0 Å². The fourth-order valence-corrected chi connectivity index (χ4v) is 1.74. The van der Waals surface area contributed by atoms with Crippen LogP contribution in [0, 0.1) is 11.6 Å². The summed E-state index contributed by atoms with van der Waals surface area (Å²) in [6.07, 6.45) is 1.77. The first-order chi connectivity index (χ1) is 9.06. The molecule has 5 heteroatoms. The normalized spacial score (nSPS) is 11.2. The molecule has 0 fully saturated rings. The first-order valence-electron chi connectivity index (χ1n) is 6.25. The highest BCUT2D eigenvalue weighted by Crippen LogP contribution is 2.12. The molecular weight excluding hydrogens is 248 g/mol. The van der Waals surface area contributed by atoms with Crippen molar-refractivity contribution in [3.8, 4) is 0 Å². The van der Waals surface area contributed by atoms with Crippen LogP contribution in [0.1, 0.15) is 25.1 Å². The monoisotopic (exact) mass is 265 g/mol. The lowest BCUT2D eigenvalue weighted by molar-refractivity contribution is 0.491. The first kappa shape index (κ1) is 13.7. The van der Waals surface area contributed by atoms with Gasteiger partial charge in [-0.2, -0.15) is 5.10 Å². The molecule has 102 valence electrons. The van der Waals surface area contributed by atoms with Crippen molar-refractivity contribution in [1.29, 1.82) is 0 Å². The van der Waals surface area contributed by atoms with Crippen molar-refractivity contribution in [3.05, 3.63) is 53.4 Å². The van der Waals surface area contributed by atoms with Crippen LogP contribution in [-0.4, -0.2) is 15.8 Å². The third-order valence-corrected chi connectivity index (χ3v) is 2.75. The van der Waals surface area contributed by atoms with E-state index in [4.69, 9.17) is 0 Å². The Morgan fingerprint density at radius 1 is 1.26 bits per heavy atom. The maximum absolute atomic E-state index is 13.5. The molecule has 0 unspecified atom stereocenters. The summed E-state index contributed by atoms with van der Waals surface area (Å²) in [6, 6.07) is 6.42. The Bertz CT molecular complexity index is 549. The highest BCUT2D eigenvalue weighted by Gasteiger charge is 2.08. The van der Waals surface area contributed by atoms with Gasteiger partial charge in [0.2, 0.25) is 0 Å². The zero-order valence-corrected chi connectivity index (χ0v) is 11.0. The van der Waals surface area contributed by atoms with Crippen LogP contribution in [0.5, 0.6) is 0 Å². The van der Waals surface area contributed by atoms with Crippen LogP contribution < -0.4 is 5.32 Å². The van der Waals surface area contributed by atoms with Crippen molar-refractivity contribution < 1.29 is 8.78 Å². The number of nitrogens with zero attached hydrogens (tertiary/aromatic N) is 2. The van der Waals surface area contributed by atoms with Crippen molar-refractivity contribution in [3.63, 3.8) is 0 Å². The fourth-order valence-electron chi connectivity index (χ4n) is 1.74. The van der Waals surface area contributed by atoms with Gasteiger partial charge in [0.1, 0.15) is 0 Å². The summed E-state index contributed by atoms with van der Waals surface area (Å²) in [7, 11) is 0. The molecule has 0 atom stereocenters. The molecule has 0 radical (unpaired) electrons. The zero-order valence-electron chi connectivity index (χ0n) is 11.0. The molecule has 3 nitrogen and oxygen atoms in total. The number of aromatic nitrogens is 2. The molecule has 1 aromatic heterocycles. The summed E-state index contributed by atoms with van der Waals surface area (Å²) < 4.78 is 28.2. The molecule has 0 aliphatic heterocycles. The largest absolute Gasteiger partial charge is 0.309 e. The maximum Gasteiger partial charge on any atom is 0.163 e. The molecule has 0 saturated heterocycles. The third kappa shape index (κ3) is 3.61. The quantitative estimate of drug-likeness (QED) is 0.900. The van der Waals surface area contributed by atoms with Gasteiger partial charge in [-0.05, 0) is 12.1 Å². The maximum atomic E-state index is 13.5. The van der Waals surface area contributed by atoms with Crippen LogP contribution in [0.15, 0.2) is 30.5 Å². The Labute approximate surface area is 111 Å². The molecule has 0 amide bonds. The third-order valence-electron chi connectivity index (χ3n) is 2.75. The van der Waals surface area contributed by atoms with Gasteiger partial charge < -0.3 is 5.32 Å². The molecule has 0 aliphatic rings. The van der Waals surface area contributed by atoms with Gasteiger partial charge in [-0.1, -0.05) is 26.0 Å². The van der Waals surface area contributed by atoms with Crippen LogP contribution in [-0.2, 0) is 13.1 Å². The molecule has 2 aromatic rings. The number of benzene rings is 1. The summed E-state index contributed by atoms with van der Waals surface area (Å²) >= 11 is 0. The molecule has 2 rings (SSSR count). The van der Waals surface area contributed by atoms with Gasteiger partial charge in [0.15, 0.2) is 11.6 Å². The van der Waals surface area contributed by atoms with E-state index in [1.807, 2.05) is 6.07 Å². The summed E-state index contributed by atoms with van der Waals surface area (Å²) in [5.41, 5.74) is 1.18. The van der Waals surface area contributed by atoms with Crippen LogP contribution >= 0.6 is 0 Å². The average Bonchev–Trinajstić information content (AvgIpc) is 2.80. The number of halogens is 2. The summed E-state index contributed by atoms with van der Waals surface area (Å²) in [4.78, 5) is 0. The van der Waals surface area contributed by atoms with E-state index in [1.165, 1.54) is 6.07 Å². The second-order valence-corrected chi connectivity index (χ2v) is 4.75. The molecule has 1 N–H and O–H groups in total. The van der Waals surface area contributed by atoms with Crippen molar-refractivity contribution in [2.24, 2.45) is 0 Å². The highest BCUT2D eigenvalue weighted by atomic mass is 19.2. The lowest BCUT2D eigenvalue weighted by Crippen LogP contribution is -2.22. The molecular formula is C14H17F2N3. The minimum Gasteiger partial charge on any atom is -0.309 e. The standard InChI is InChI=1S/C14H17F2N3/c1-10(2)17-8-12-6-7-19(18-12)9-11-4-3-5-13(15)14(11)16/h3-7,10,17H,8-9H2,1-2H3. The minimum absolute atomic E-state index is 0.227. The number of hydrogen-bond donors (Lipinski definition) is 1. The van der Waals surface area contributed by atoms with Gasteiger partial charge in [0.25, 0.3) is 0 Å². The molecule has 0 aliphatic carbocycles. The van der Waals surface area contributed by atoms with Gasteiger partial charge in [-0.3, -0.25) is 4.68 Å². The van der Waals surface area contributed by atoms with Crippen LogP contribution in [0.25, 0.3) is 0 Å². The van der Waals surface area contributed by atoms with Gasteiger partial charge in [-0.25, -0.2) is 8.78 Å². The fraction of sp³-hybridized carbons (Fsp3) is 0.357. The predicted octanol–water partition coefficient (Wildman–Crippen LogP) is 2.71. The highest BCUT2D eigenvalue weighted by molar-refractivity contribution is 5.19. The SMILES string of the molecule is CC(C)NCc1ccn(Cc2cccc(F)c2F)n1. The van der Waals surface area contributed by atoms with Crippen molar-refractivity contribution in [1.82, 2.24) is 15.1 Å². The second-order valence-electron chi connectivity index (χ2n) is 4.75. The molecule has 0 spiro atoms. The van der Waals surface area contributed by atoms with Crippen molar-refractivity contribution in [2.75, 3.05) is 0 Å². The molecule has 1 heterocycles. The van der Waals surface area contributed by atoms with Crippen LogP contribution in [0.4, 0.5) is 8.78 Å². The smallest absolute Gasteiger partial charge is 0.163 e. The summed E-state index contributed by atoms with van der Waals surface area (Å²) in [5.74, 6) is -1.63. The number of rotatable bonds is 5. The molecule has 0 bridgehead atoms. The van der Waals surface area contributed by atoms with Gasteiger partial charge in [0, 0.05) is 24.3 Å². The Morgan fingerprint density at radius 3 is 2.79 bits per heavy atom. The lowest BCUT2D eigenvalue weighted by atomic mass is 10.2. The minimum atomic E-state index is -0.827. The zero-order chi connectivity index (χ0) is 13.8. The Hall–Kier alpha value is -1.75. The van der Waals surface area contributed by atoms with E-state index in [0.717, 1.165) is 11.8 Å². The Kier molecular flexibility index (Phi) is 4.27. The molecule has 0 saturated carbocycles. The number of nitrogens with one attached hydrogen (secondary N) is 1. The number of hydrogen-bond acceptors (Lipinski definition) is 2. The molecule has 19 heavy (non-hydrogen) atoms. The summed E-state index contributed by atoms with van der Waals surface area (Å²) in [6.45, 7) is 5.00. The topological polar surface area (TPSA) is 29.9 Å². The second kappa shape index (κ2) is 5.93. The van der Waals surface area contributed by atoms with E-state index in [1.54, 1.807) is 16.9 Å². The van der Waals surface area contributed by atoms with E-state index in [9.17, 15) is 8.78 Å². The van der Waals surface area contributed by atoms with E-state index < -0.39 is 11.6 Å². The Balaban J connectivity index is 2.05. The van der Waals surface area contributed by atoms with Crippen molar-refractivity contribution in [2.45, 2.75) is 33.0 Å². The van der Waals surface area contributed by atoms with Crippen LogP contribution in [0.3, 0.4) is 0 Å². The van der Waals surface area contributed by atoms with E-state index in [0.29, 0.717) is 18.2 Å². The first-order valence-corrected chi connectivity index (χ1v) is 6.25. The predicted molar refractivity (Wildman–Crippen MR) is 69.7 cm³/mol. The van der Waals surface area contributed by atoms with Gasteiger partial charge in [0.05, 0.1) is 12.2 Å². The Morgan fingerprint density at radius 2 is 2.05 bits per heavy atom. The van der Waals surface area contributed by atoms with Gasteiger partial charge in [-0.15, -0.1) is 0 Å². The average molecular weight is 265 g/mol. The lowest BCUT2D eigenvalue weighted by Gasteiger charge is -2.06. The summed E-state index contributed by atoms with van der Waals surface area (Å²) in [5, 5.41) is 7.56. The van der Waals surface area contributed by atoms with Crippen molar-refractivity contribution >= 4 is 0 Å². The van der Waals surface area contributed by atoms with Gasteiger partial charge >= 0.3 is 0 Å². The molecule has 1 aromatic carbocycles. The van der Waals surface area contributed by atoms with E-state index >= 15 is 0 Å².